The lowest BCUT2D eigenvalue weighted by atomic mass is 9.96. The summed E-state index contributed by atoms with van der Waals surface area (Å²) in [5.74, 6) is 1.27. The van der Waals surface area contributed by atoms with E-state index in [1.165, 1.54) is 0 Å². The van der Waals surface area contributed by atoms with E-state index in [0.29, 0.717) is 11.7 Å². The van der Waals surface area contributed by atoms with Gasteiger partial charge in [-0.1, -0.05) is 11.6 Å². The van der Waals surface area contributed by atoms with Gasteiger partial charge in [-0.15, -0.1) is 10.2 Å². The van der Waals surface area contributed by atoms with Crippen LogP contribution in [0.25, 0.3) is 0 Å². The normalized spacial score (nSPS) is 18.9. The Hall–Kier alpha value is -1.89. The molecule has 3 rings (SSSR count). The molecule has 1 N–H and O–H groups in total. The minimum atomic E-state index is -0.355. The van der Waals surface area contributed by atoms with Crippen LogP contribution in [-0.4, -0.2) is 38.1 Å². The highest BCUT2D eigenvalue weighted by Gasteiger charge is 2.27. The highest BCUT2D eigenvalue weighted by molar-refractivity contribution is 6.33. The second kappa shape index (κ2) is 6.08. The van der Waals surface area contributed by atoms with Gasteiger partial charge in [-0.2, -0.15) is 5.10 Å². The van der Waals surface area contributed by atoms with Crippen molar-refractivity contribution in [3.05, 3.63) is 33.7 Å². The molecule has 22 heavy (non-hydrogen) atoms. The molecule has 2 aromatic heterocycles. The smallest absolute Gasteiger partial charge is 0.285 e. The molecule has 1 atom stereocenters. The standard InChI is InChI=1S/C14H19ClN6O/c1-9(2)21-8-17-18-13(21)10-4-3-5-20(7-10)11-6-16-19-14(22)12(11)15/h6,8-10H,3-5,7H2,1-2H3,(H,19,22). The van der Waals surface area contributed by atoms with Crippen LogP contribution in [0.1, 0.15) is 44.5 Å². The first-order valence-electron chi connectivity index (χ1n) is 7.45. The average Bonchev–Trinajstić information content (AvgIpc) is 3.00. The number of aromatic amines is 1. The summed E-state index contributed by atoms with van der Waals surface area (Å²) in [6.45, 7) is 5.85. The van der Waals surface area contributed by atoms with E-state index in [1.807, 2.05) is 0 Å². The maximum absolute atomic E-state index is 11.6. The van der Waals surface area contributed by atoms with Crippen LogP contribution in [0.3, 0.4) is 0 Å². The van der Waals surface area contributed by atoms with Gasteiger partial charge in [0.2, 0.25) is 0 Å². The third kappa shape index (κ3) is 2.72. The van der Waals surface area contributed by atoms with E-state index in [-0.39, 0.29) is 16.5 Å². The topological polar surface area (TPSA) is 79.7 Å². The largest absolute Gasteiger partial charge is 0.368 e. The number of aromatic nitrogens is 5. The van der Waals surface area contributed by atoms with Crippen LogP contribution in [0.2, 0.25) is 5.02 Å². The summed E-state index contributed by atoms with van der Waals surface area (Å²) in [6, 6.07) is 0.324. The third-order valence-electron chi connectivity index (χ3n) is 4.06. The summed E-state index contributed by atoms with van der Waals surface area (Å²) in [4.78, 5) is 13.7. The molecule has 3 heterocycles. The van der Waals surface area contributed by atoms with Crippen molar-refractivity contribution in [1.29, 1.82) is 0 Å². The molecule has 0 aromatic carbocycles. The molecule has 0 aliphatic carbocycles. The number of piperidine rings is 1. The number of halogens is 1. The lowest BCUT2D eigenvalue weighted by Crippen LogP contribution is -2.36. The number of hydrogen-bond donors (Lipinski definition) is 1. The number of anilines is 1. The predicted molar refractivity (Wildman–Crippen MR) is 84.5 cm³/mol. The van der Waals surface area contributed by atoms with Crippen molar-refractivity contribution in [3.8, 4) is 0 Å². The van der Waals surface area contributed by atoms with E-state index < -0.39 is 0 Å². The van der Waals surface area contributed by atoms with Crippen LogP contribution < -0.4 is 10.5 Å². The molecule has 1 aliphatic rings. The van der Waals surface area contributed by atoms with Crippen molar-refractivity contribution in [2.24, 2.45) is 0 Å². The Balaban J connectivity index is 1.87. The monoisotopic (exact) mass is 322 g/mol. The van der Waals surface area contributed by atoms with Gasteiger partial charge in [-0.3, -0.25) is 4.79 Å². The lowest BCUT2D eigenvalue weighted by Gasteiger charge is -2.34. The fourth-order valence-corrected chi connectivity index (χ4v) is 3.15. The van der Waals surface area contributed by atoms with Gasteiger partial charge in [0, 0.05) is 25.0 Å². The number of H-pyrrole nitrogens is 1. The second-order valence-corrected chi connectivity index (χ2v) is 6.25. The fourth-order valence-electron chi connectivity index (χ4n) is 2.94. The van der Waals surface area contributed by atoms with Gasteiger partial charge < -0.3 is 9.47 Å². The molecular weight excluding hydrogens is 304 g/mol. The molecule has 0 amide bonds. The molecule has 118 valence electrons. The van der Waals surface area contributed by atoms with Gasteiger partial charge in [0.25, 0.3) is 5.56 Å². The molecule has 1 saturated heterocycles. The Morgan fingerprint density at radius 1 is 1.45 bits per heavy atom. The number of nitrogens with one attached hydrogen (secondary N) is 1. The number of rotatable bonds is 3. The summed E-state index contributed by atoms with van der Waals surface area (Å²) in [5.41, 5.74) is 0.331. The highest BCUT2D eigenvalue weighted by atomic mass is 35.5. The summed E-state index contributed by atoms with van der Waals surface area (Å²) in [5, 5.41) is 14.8. The summed E-state index contributed by atoms with van der Waals surface area (Å²) < 4.78 is 2.10. The van der Waals surface area contributed by atoms with E-state index in [9.17, 15) is 4.79 Å². The van der Waals surface area contributed by atoms with Gasteiger partial charge >= 0.3 is 0 Å². The van der Waals surface area contributed by atoms with Crippen molar-refractivity contribution in [2.75, 3.05) is 18.0 Å². The molecule has 7 nitrogen and oxygen atoms in total. The third-order valence-corrected chi connectivity index (χ3v) is 4.43. The maximum atomic E-state index is 11.6. The first-order chi connectivity index (χ1) is 10.6. The quantitative estimate of drug-likeness (QED) is 0.934. The Bertz CT molecular complexity index is 709. The number of hydrogen-bond acceptors (Lipinski definition) is 5. The zero-order valence-electron chi connectivity index (χ0n) is 12.7. The zero-order chi connectivity index (χ0) is 15.7. The van der Waals surface area contributed by atoms with Crippen molar-refractivity contribution in [1.82, 2.24) is 25.0 Å². The van der Waals surface area contributed by atoms with Crippen molar-refractivity contribution < 1.29 is 0 Å². The summed E-state index contributed by atoms with van der Waals surface area (Å²) in [6.07, 6.45) is 5.45. The van der Waals surface area contributed by atoms with E-state index >= 15 is 0 Å². The van der Waals surface area contributed by atoms with E-state index in [0.717, 1.165) is 31.8 Å². The van der Waals surface area contributed by atoms with Gasteiger partial charge in [0.05, 0.1) is 11.9 Å². The van der Waals surface area contributed by atoms with E-state index in [4.69, 9.17) is 11.6 Å². The Morgan fingerprint density at radius 3 is 3.05 bits per heavy atom. The predicted octanol–water partition coefficient (Wildman–Crippen LogP) is 1.98. The van der Waals surface area contributed by atoms with Crippen LogP contribution >= 0.6 is 11.6 Å². The second-order valence-electron chi connectivity index (χ2n) is 5.87. The van der Waals surface area contributed by atoms with Crippen molar-refractivity contribution in [2.45, 2.75) is 38.6 Å². The maximum Gasteiger partial charge on any atom is 0.285 e. The molecule has 0 bridgehead atoms. The molecule has 8 heteroatoms. The molecule has 0 radical (unpaired) electrons. The van der Waals surface area contributed by atoms with Crippen LogP contribution in [0.5, 0.6) is 0 Å². The molecule has 1 fully saturated rings. The van der Waals surface area contributed by atoms with Crippen molar-refractivity contribution in [3.63, 3.8) is 0 Å². The van der Waals surface area contributed by atoms with Gasteiger partial charge in [-0.05, 0) is 26.7 Å². The molecule has 0 saturated carbocycles. The molecular formula is C14H19ClN6O. The number of nitrogens with zero attached hydrogens (tertiary/aromatic N) is 5. The van der Waals surface area contributed by atoms with Crippen molar-refractivity contribution >= 4 is 17.3 Å². The van der Waals surface area contributed by atoms with Crippen LogP contribution in [0.15, 0.2) is 17.3 Å². The first-order valence-corrected chi connectivity index (χ1v) is 7.83. The lowest BCUT2D eigenvalue weighted by molar-refractivity contribution is 0.454. The Labute approximate surface area is 133 Å². The van der Waals surface area contributed by atoms with E-state index in [2.05, 4.69) is 43.7 Å². The van der Waals surface area contributed by atoms with Crippen LogP contribution in [0.4, 0.5) is 5.69 Å². The molecule has 1 unspecified atom stereocenters. The first kappa shape index (κ1) is 15.0. The molecule has 1 aliphatic heterocycles. The SMILES string of the molecule is CC(C)n1cnnc1C1CCCN(c2cn[nH]c(=O)c2Cl)C1. The molecule has 0 spiro atoms. The van der Waals surface area contributed by atoms with Gasteiger partial charge in [-0.25, -0.2) is 5.10 Å². The van der Waals surface area contributed by atoms with Crippen LogP contribution in [0, 0.1) is 0 Å². The fraction of sp³-hybridized carbons (Fsp3) is 0.571. The average molecular weight is 323 g/mol. The Morgan fingerprint density at radius 2 is 2.27 bits per heavy atom. The zero-order valence-corrected chi connectivity index (χ0v) is 13.4. The molecule has 2 aromatic rings. The summed E-state index contributed by atoms with van der Waals surface area (Å²) >= 11 is 6.12. The minimum absolute atomic E-state index is 0.195. The van der Waals surface area contributed by atoms with Gasteiger partial charge in [0.15, 0.2) is 0 Å². The highest BCUT2D eigenvalue weighted by Crippen LogP contribution is 2.31. The Kier molecular flexibility index (Phi) is 4.15. The van der Waals surface area contributed by atoms with E-state index in [1.54, 1.807) is 12.5 Å². The summed E-state index contributed by atoms with van der Waals surface area (Å²) in [7, 11) is 0. The minimum Gasteiger partial charge on any atom is -0.368 e. The van der Waals surface area contributed by atoms with Crippen LogP contribution in [-0.2, 0) is 0 Å². The van der Waals surface area contributed by atoms with Gasteiger partial charge in [0.1, 0.15) is 17.2 Å².